The Balaban J connectivity index is 2.95. The second-order valence-corrected chi connectivity index (χ2v) is 5.03. The molecule has 2 atom stereocenters. The van der Waals surface area contributed by atoms with E-state index < -0.39 is 4.18 Å². The molecule has 0 bridgehead atoms. The normalized spacial score (nSPS) is 24.3. The molecule has 0 N–H and O–H groups in total. The van der Waals surface area contributed by atoms with E-state index in [9.17, 15) is 4.39 Å². The lowest BCUT2D eigenvalue weighted by atomic mass is 10.0. The molecule has 0 saturated heterocycles. The molecule has 0 amide bonds. The topological polar surface area (TPSA) is 0 Å². The Hall–Kier alpha value is -0.120. The molecule has 0 aromatic rings. The Morgan fingerprint density at radius 2 is 2.00 bits per heavy atom. The van der Waals surface area contributed by atoms with Crippen LogP contribution in [0.4, 0.5) is 4.39 Å². The molecule has 0 fully saturated rings. The van der Waals surface area contributed by atoms with Gasteiger partial charge >= 0.3 is 0 Å². The molecule has 1 aliphatic carbocycles. The fraction of sp³-hybridized carbons (Fsp3) is 0.500. The van der Waals surface area contributed by atoms with Crippen LogP contribution < -0.4 is 0 Å². The summed E-state index contributed by atoms with van der Waals surface area (Å²) in [7, 11) is 0. The summed E-state index contributed by atoms with van der Waals surface area (Å²) in [5.74, 6) is 0.704. The van der Waals surface area contributed by atoms with E-state index in [2.05, 4.69) is 26.0 Å². The van der Waals surface area contributed by atoms with Crippen molar-refractivity contribution >= 4 is 22.6 Å². The fourth-order valence-electron chi connectivity index (χ4n) is 1.42. The van der Waals surface area contributed by atoms with Crippen LogP contribution in [0.25, 0.3) is 0 Å². The van der Waals surface area contributed by atoms with Crippen molar-refractivity contribution in [3.8, 4) is 0 Å². The average Bonchev–Trinajstić information content (AvgIpc) is 2.26. The lowest BCUT2D eigenvalue weighted by Gasteiger charge is -2.10. The van der Waals surface area contributed by atoms with Gasteiger partial charge in [0.1, 0.15) is 0 Å². The standard InChI is InChI=1S/C12H16FI/c1-8(2)10-5-4-9(3)11(7-6-10)12(13)14/h4-9,12H,1-3H3/t9-,12?/m1/s1. The van der Waals surface area contributed by atoms with Crippen LogP contribution in [0, 0.1) is 11.8 Å². The minimum absolute atomic E-state index is 0.203. The first-order chi connectivity index (χ1) is 6.52. The number of rotatable bonds is 2. The third kappa shape index (κ3) is 2.94. The predicted molar refractivity (Wildman–Crippen MR) is 68.2 cm³/mol. The zero-order chi connectivity index (χ0) is 10.7. The molecular formula is C12H16FI. The number of alkyl halides is 2. The highest BCUT2D eigenvalue weighted by molar-refractivity contribution is 14.1. The van der Waals surface area contributed by atoms with E-state index in [1.165, 1.54) is 5.57 Å². The van der Waals surface area contributed by atoms with Crippen LogP contribution in [-0.4, -0.2) is 4.18 Å². The SMILES string of the molecule is CC(C)C1=CC=C(C(F)I)[C@H](C)C=C1. The summed E-state index contributed by atoms with van der Waals surface area (Å²) in [4.78, 5) is 0. The summed E-state index contributed by atoms with van der Waals surface area (Å²) in [6, 6.07) is 0. The maximum Gasteiger partial charge on any atom is 0.173 e. The zero-order valence-corrected chi connectivity index (χ0v) is 11.0. The highest BCUT2D eigenvalue weighted by Gasteiger charge is 2.15. The summed E-state index contributed by atoms with van der Waals surface area (Å²) < 4.78 is 12.3. The molecule has 0 radical (unpaired) electrons. The summed E-state index contributed by atoms with van der Waals surface area (Å²) >= 11 is 1.82. The van der Waals surface area contributed by atoms with Gasteiger partial charge in [0, 0.05) is 0 Å². The van der Waals surface area contributed by atoms with Gasteiger partial charge in [-0.05, 0) is 45.6 Å². The highest BCUT2D eigenvalue weighted by atomic mass is 127. The zero-order valence-electron chi connectivity index (χ0n) is 8.80. The first-order valence-corrected chi connectivity index (χ1v) is 6.15. The predicted octanol–water partition coefficient (Wildman–Crippen LogP) is 4.43. The highest BCUT2D eigenvalue weighted by Crippen LogP contribution is 2.27. The van der Waals surface area contributed by atoms with Crippen molar-refractivity contribution in [1.29, 1.82) is 0 Å². The van der Waals surface area contributed by atoms with E-state index in [-0.39, 0.29) is 5.92 Å². The molecule has 1 rings (SSSR count). The van der Waals surface area contributed by atoms with E-state index in [0.29, 0.717) is 5.92 Å². The van der Waals surface area contributed by atoms with Gasteiger partial charge in [0.25, 0.3) is 0 Å². The number of hydrogen-bond acceptors (Lipinski definition) is 0. The Kier molecular flexibility index (Phi) is 4.35. The number of hydrogen-bond donors (Lipinski definition) is 0. The van der Waals surface area contributed by atoms with Gasteiger partial charge in [-0.2, -0.15) is 0 Å². The number of allylic oxidation sites excluding steroid dienone is 6. The van der Waals surface area contributed by atoms with Gasteiger partial charge in [0.05, 0.1) is 0 Å². The fourth-order valence-corrected chi connectivity index (χ4v) is 2.20. The Morgan fingerprint density at radius 1 is 1.36 bits per heavy atom. The van der Waals surface area contributed by atoms with Gasteiger partial charge < -0.3 is 0 Å². The average molecular weight is 306 g/mol. The van der Waals surface area contributed by atoms with Crippen molar-refractivity contribution in [2.45, 2.75) is 24.9 Å². The molecule has 14 heavy (non-hydrogen) atoms. The Bertz CT molecular complexity index is 285. The van der Waals surface area contributed by atoms with Crippen LogP contribution in [0.2, 0.25) is 0 Å². The van der Waals surface area contributed by atoms with Crippen molar-refractivity contribution in [3.05, 3.63) is 35.5 Å². The third-order valence-corrected chi connectivity index (χ3v) is 3.21. The van der Waals surface area contributed by atoms with E-state index in [1.807, 2.05) is 41.7 Å². The molecule has 0 spiro atoms. The van der Waals surface area contributed by atoms with Gasteiger partial charge in [-0.25, -0.2) is 4.39 Å². The Morgan fingerprint density at radius 3 is 2.50 bits per heavy atom. The molecule has 0 saturated carbocycles. The molecular weight excluding hydrogens is 290 g/mol. The van der Waals surface area contributed by atoms with Gasteiger partial charge in [-0.15, -0.1) is 0 Å². The largest absolute Gasteiger partial charge is 0.231 e. The smallest absolute Gasteiger partial charge is 0.173 e. The minimum atomic E-state index is -0.880. The van der Waals surface area contributed by atoms with E-state index in [0.717, 1.165) is 5.57 Å². The third-order valence-electron chi connectivity index (χ3n) is 2.49. The van der Waals surface area contributed by atoms with Crippen molar-refractivity contribution in [1.82, 2.24) is 0 Å². The quantitative estimate of drug-likeness (QED) is 0.523. The maximum atomic E-state index is 13.2. The lowest BCUT2D eigenvalue weighted by molar-refractivity contribution is 0.497. The molecule has 0 nitrogen and oxygen atoms in total. The molecule has 0 aliphatic heterocycles. The molecule has 1 unspecified atom stereocenters. The Labute approximate surface area is 99.1 Å². The van der Waals surface area contributed by atoms with Crippen LogP contribution in [0.5, 0.6) is 0 Å². The summed E-state index contributed by atoms with van der Waals surface area (Å²) in [6.45, 7) is 6.33. The van der Waals surface area contributed by atoms with Crippen LogP contribution in [0.1, 0.15) is 20.8 Å². The summed E-state index contributed by atoms with van der Waals surface area (Å²) in [5, 5.41) is 0. The second-order valence-electron chi connectivity index (χ2n) is 3.94. The van der Waals surface area contributed by atoms with E-state index in [4.69, 9.17) is 0 Å². The molecule has 2 heteroatoms. The molecule has 0 heterocycles. The van der Waals surface area contributed by atoms with Crippen LogP contribution in [0.15, 0.2) is 35.5 Å². The van der Waals surface area contributed by atoms with Gasteiger partial charge in [-0.3, -0.25) is 0 Å². The maximum absolute atomic E-state index is 13.2. The summed E-state index contributed by atoms with van der Waals surface area (Å²) in [6.07, 6.45) is 8.15. The van der Waals surface area contributed by atoms with Gasteiger partial charge in [0.2, 0.25) is 0 Å². The lowest BCUT2D eigenvalue weighted by Crippen LogP contribution is -2.02. The van der Waals surface area contributed by atoms with Crippen LogP contribution in [-0.2, 0) is 0 Å². The van der Waals surface area contributed by atoms with Crippen molar-refractivity contribution in [2.75, 3.05) is 0 Å². The molecule has 78 valence electrons. The van der Waals surface area contributed by atoms with E-state index in [1.54, 1.807) is 0 Å². The van der Waals surface area contributed by atoms with Gasteiger partial charge in [-0.1, -0.05) is 45.1 Å². The van der Waals surface area contributed by atoms with Crippen LogP contribution in [0.3, 0.4) is 0 Å². The van der Waals surface area contributed by atoms with Crippen molar-refractivity contribution in [2.24, 2.45) is 11.8 Å². The van der Waals surface area contributed by atoms with Crippen molar-refractivity contribution in [3.63, 3.8) is 0 Å². The second kappa shape index (κ2) is 5.10. The molecule has 0 aromatic heterocycles. The first-order valence-electron chi connectivity index (χ1n) is 4.90. The molecule has 1 aliphatic rings. The molecule has 0 aromatic carbocycles. The van der Waals surface area contributed by atoms with Gasteiger partial charge in [0.15, 0.2) is 4.18 Å². The monoisotopic (exact) mass is 306 g/mol. The first kappa shape index (κ1) is 12.0. The van der Waals surface area contributed by atoms with E-state index >= 15 is 0 Å². The summed E-state index contributed by atoms with van der Waals surface area (Å²) in [5.41, 5.74) is 2.13. The number of halogens is 2. The van der Waals surface area contributed by atoms with Crippen LogP contribution >= 0.6 is 22.6 Å². The minimum Gasteiger partial charge on any atom is -0.231 e. The van der Waals surface area contributed by atoms with Crippen molar-refractivity contribution < 1.29 is 4.39 Å².